The third-order valence-electron chi connectivity index (χ3n) is 4.06. The number of nitrogens with zero attached hydrogens (tertiary/aromatic N) is 4. The standard InChI is InChI=1S/C13H19F2N5O.2ClH/c1-18-8-10(7-17-18)19-2-4-20(5-3-19)12(21)11-6-13(14,15)9-16-11;;/h7-8,11,16H,2-6,9H2,1H3;2*1H. The van der Waals surface area contributed by atoms with Crippen molar-refractivity contribution < 1.29 is 13.6 Å². The number of halogens is 4. The maximum Gasteiger partial charge on any atom is 0.262 e. The second-order valence-corrected chi connectivity index (χ2v) is 5.68. The number of rotatable bonds is 2. The van der Waals surface area contributed by atoms with Crippen LogP contribution in [0.5, 0.6) is 0 Å². The average molecular weight is 372 g/mol. The van der Waals surface area contributed by atoms with E-state index < -0.39 is 24.9 Å². The fourth-order valence-electron chi connectivity index (χ4n) is 2.87. The normalized spacial score (nSPS) is 23.2. The first kappa shape index (κ1) is 19.9. The van der Waals surface area contributed by atoms with Gasteiger partial charge >= 0.3 is 0 Å². The molecule has 23 heavy (non-hydrogen) atoms. The lowest BCUT2D eigenvalue weighted by Crippen LogP contribution is -2.53. The molecule has 0 aromatic carbocycles. The van der Waals surface area contributed by atoms with Gasteiger partial charge in [-0.25, -0.2) is 8.78 Å². The Labute approximate surface area is 146 Å². The highest BCUT2D eigenvalue weighted by Gasteiger charge is 2.43. The predicted octanol–water partition coefficient (Wildman–Crippen LogP) is 0.909. The van der Waals surface area contributed by atoms with Crippen molar-refractivity contribution in [2.45, 2.75) is 18.4 Å². The summed E-state index contributed by atoms with van der Waals surface area (Å²) in [5, 5.41) is 6.75. The molecular formula is C13H21Cl2F2N5O. The molecule has 132 valence electrons. The molecule has 1 N–H and O–H groups in total. The molecule has 1 atom stereocenters. The van der Waals surface area contributed by atoms with Crippen molar-refractivity contribution in [3.8, 4) is 0 Å². The number of alkyl halides is 2. The predicted molar refractivity (Wildman–Crippen MR) is 87.9 cm³/mol. The van der Waals surface area contributed by atoms with E-state index in [4.69, 9.17) is 0 Å². The van der Waals surface area contributed by atoms with E-state index in [9.17, 15) is 13.6 Å². The zero-order valence-electron chi connectivity index (χ0n) is 12.7. The minimum atomic E-state index is -2.77. The molecule has 2 fully saturated rings. The van der Waals surface area contributed by atoms with Gasteiger partial charge in [-0.1, -0.05) is 0 Å². The van der Waals surface area contributed by atoms with Gasteiger partial charge in [-0.15, -0.1) is 24.8 Å². The summed E-state index contributed by atoms with van der Waals surface area (Å²) in [7, 11) is 1.86. The third-order valence-corrected chi connectivity index (χ3v) is 4.06. The monoisotopic (exact) mass is 371 g/mol. The van der Waals surface area contributed by atoms with Gasteiger partial charge in [-0.05, 0) is 0 Å². The van der Waals surface area contributed by atoms with Crippen LogP contribution in [0, 0.1) is 0 Å². The van der Waals surface area contributed by atoms with Gasteiger partial charge in [0, 0.05) is 45.8 Å². The lowest BCUT2D eigenvalue weighted by Gasteiger charge is -2.36. The van der Waals surface area contributed by atoms with Crippen LogP contribution in [0.25, 0.3) is 0 Å². The van der Waals surface area contributed by atoms with Crippen LogP contribution in [0.1, 0.15) is 6.42 Å². The van der Waals surface area contributed by atoms with Crippen molar-refractivity contribution in [3.05, 3.63) is 12.4 Å². The van der Waals surface area contributed by atoms with Crippen LogP contribution < -0.4 is 10.2 Å². The van der Waals surface area contributed by atoms with E-state index in [-0.39, 0.29) is 30.7 Å². The summed E-state index contributed by atoms with van der Waals surface area (Å²) in [5.41, 5.74) is 1.02. The molecular weight excluding hydrogens is 351 g/mol. The van der Waals surface area contributed by atoms with Crippen molar-refractivity contribution >= 4 is 36.4 Å². The Balaban J connectivity index is 0.00000132. The summed E-state index contributed by atoms with van der Waals surface area (Å²) in [6.45, 7) is 2.09. The van der Waals surface area contributed by atoms with Gasteiger partial charge in [-0.3, -0.25) is 14.8 Å². The Hall–Kier alpha value is -1.12. The smallest absolute Gasteiger partial charge is 0.262 e. The second kappa shape index (κ2) is 7.63. The summed E-state index contributed by atoms with van der Waals surface area (Å²) in [6, 6.07) is -0.745. The number of carbonyl (C=O) groups excluding carboxylic acids is 1. The fourth-order valence-corrected chi connectivity index (χ4v) is 2.87. The molecule has 0 aliphatic carbocycles. The zero-order chi connectivity index (χ0) is 15.0. The molecule has 6 nitrogen and oxygen atoms in total. The minimum Gasteiger partial charge on any atom is -0.365 e. The van der Waals surface area contributed by atoms with Gasteiger partial charge in [0.15, 0.2) is 0 Å². The van der Waals surface area contributed by atoms with Crippen LogP contribution in [0.2, 0.25) is 0 Å². The Morgan fingerprint density at radius 1 is 1.30 bits per heavy atom. The molecule has 0 bridgehead atoms. The van der Waals surface area contributed by atoms with Crippen molar-refractivity contribution in [2.24, 2.45) is 7.05 Å². The Morgan fingerprint density at radius 3 is 2.43 bits per heavy atom. The van der Waals surface area contributed by atoms with E-state index in [2.05, 4.69) is 15.3 Å². The van der Waals surface area contributed by atoms with Crippen LogP contribution >= 0.6 is 24.8 Å². The summed E-state index contributed by atoms with van der Waals surface area (Å²) in [5.74, 6) is -2.98. The van der Waals surface area contributed by atoms with Crippen molar-refractivity contribution in [3.63, 3.8) is 0 Å². The molecule has 3 rings (SSSR count). The van der Waals surface area contributed by atoms with E-state index in [0.717, 1.165) is 5.69 Å². The number of aryl methyl sites for hydroxylation is 1. The van der Waals surface area contributed by atoms with E-state index in [1.54, 1.807) is 15.8 Å². The van der Waals surface area contributed by atoms with Crippen molar-refractivity contribution in [1.29, 1.82) is 0 Å². The lowest BCUT2D eigenvalue weighted by atomic mass is 10.1. The third kappa shape index (κ3) is 4.45. The SMILES string of the molecule is Cl.Cl.Cn1cc(N2CCN(C(=O)C3CC(F)(F)CN3)CC2)cn1. The zero-order valence-corrected chi connectivity index (χ0v) is 14.4. The number of nitrogens with one attached hydrogen (secondary N) is 1. The topological polar surface area (TPSA) is 53.4 Å². The first-order chi connectivity index (χ1) is 9.94. The average Bonchev–Trinajstić information content (AvgIpc) is 3.04. The Morgan fingerprint density at radius 2 is 1.96 bits per heavy atom. The number of carbonyl (C=O) groups is 1. The van der Waals surface area contributed by atoms with Crippen LogP contribution in [0.15, 0.2) is 12.4 Å². The molecule has 3 heterocycles. The van der Waals surface area contributed by atoms with Crippen molar-refractivity contribution in [1.82, 2.24) is 20.0 Å². The van der Waals surface area contributed by atoms with Crippen LogP contribution in [0.3, 0.4) is 0 Å². The second-order valence-electron chi connectivity index (χ2n) is 5.68. The fraction of sp³-hybridized carbons (Fsp3) is 0.692. The molecule has 2 aliphatic heterocycles. The maximum atomic E-state index is 13.2. The largest absolute Gasteiger partial charge is 0.365 e. The van der Waals surface area contributed by atoms with Gasteiger partial charge in [0.1, 0.15) is 0 Å². The molecule has 0 saturated carbocycles. The first-order valence-electron chi connectivity index (χ1n) is 7.08. The van der Waals surface area contributed by atoms with Crippen LogP contribution in [-0.4, -0.2) is 65.3 Å². The summed E-state index contributed by atoms with van der Waals surface area (Å²) in [6.07, 6.45) is 3.32. The molecule has 0 radical (unpaired) electrons. The quantitative estimate of drug-likeness (QED) is 0.839. The van der Waals surface area contributed by atoms with Crippen LogP contribution in [-0.2, 0) is 11.8 Å². The maximum absolute atomic E-state index is 13.2. The first-order valence-corrected chi connectivity index (χ1v) is 7.08. The molecule has 1 aromatic heterocycles. The van der Waals surface area contributed by atoms with E-state index in [1.165, 1.54) is 0 Å². The summed E-state index contributed by atoms with van der Waals surface area (Å²) in [4.78, 5) is 16.0. The minimum absolute atomic E-state index is 0. The van der Waals surface area contributed by atoms with Gasteiger partial charge in [0.05, 0.1) is 24.5 Å². The lowest BCUT2D eigenvalue weighted by molar-refractivity contribution is -0.134. The number of amides is 1. The Kier molecular flexibility index (Phi) is 6.61. The summed E-state index contributed by atoms with van der Waals surface area (Å²) < 4.78 is 28.0. The molecule has 10 heteroatoms. The molecule has 2 aliphatic rings. The molecule has 1 aromatic rings. The highest BCUT2D eigenvalue weighted by atomic mass is 35.5. The Bertz CT molecular complexity index is 534. The molecule has 0 spiro atoms. The molecule has 2 saturated heterocycles. The van der Waals surface area contributed by atoms with Gasteiger partial charge in [0.25, 0.3) is 5.92 Å². The van der Waals surface area contributed by atoms with Crippen molar-refractivity contribution in [2.75, 3.05) is 37.6 Å². The highest BCUT2D eigenvalue weighted by Crippen LogP contribution is 2.26. The van der Waals surface area contributed by atoms with Gasteiger partial charge < -0.3 is 9.80 Å². The van der Waals surface area contributed by atoms with E-state index in [0.29, 0.717) is 26.2 Å². The van der Waals surface area contributed by atoms with E-state index >= 15 is 0 Å². The number of anilines is 1. The number of aromatic nitrogens is 2. The summed E-state index contributed by atoms with van der Waals surface area (Å²) >= 11 is 0. The van der Waals surface area contributed by atoms with Gasteiger partial charge in [-0.2, -0.15) is 5.10 Å². The van der Waals surface area contributed by atoms with Crippen LogP contribution in [0.4, 0.5) is 14.5 Å². The number of hydrogen-bond donors (Lipinski definition) is 1. The van der Waals surface area contributed by atoms with E-state index in [1.807, 2.05) is 13.2 Å². The van der Waals surface area contributed by atoms with Gasteiger partial charge in [0.2, 0.25) is 5.91 Å². The molecule has 1 unspecified atom stereocenters. The molecule has 1 amide bonds. The number of hydrogen-bond acceptors (Lipinski definition) is 4. The number of piperazine rings is 1. The highest BCUT2D eigenvalue weighted by molar-refractivity contribution is 5.85.